The van der Waals surface area contributed by atoms with Gasteiger partial charge in [-0.15, -0.1) is 0 Å². The Hall–Kier alpha value is -5.29. The maximum atomic E-state index is 13.7. The molecule has 0 saturated carbocycles. The molecule has 0 aromatic heterocycles. The SMILES string of the molecule is CC(C)(C)OC(=O)NCCC[C@H](NC(=O)[C@H](CCCNC(=O)OC(C)(C)C)NC(=O)[C@H](CCCNC(=O)OC(C)(C)C)NC(=O)OCc1ccccc1)C(=O)O. The van der Waals surface area contributed by atoms with Gasteiger partial charge in [0.2, 0.25) is 11.8 Å². The van der Waals surface area contributed by atoms with Crippen LogP contribution < -0.4 is 31.9 Å². The van der Waals surface area contributed by atoms with E-state index in [1.54, 1.807) is 92.6 Å². The van der Waals surface area contributed by atoms with Crippen LogP contribution in [0.1, 0.15) is 106 Å². The number of hydrogen-bond acceptors (Lipinski definition) is 11. The lowest BCUT2D eigenvalue weighted by Crippen LogP contribution is -2.56. The van der Waals surface area contributed by atoms with Gasteiger partial charge in [-0.25, -0.2) is 24.0 Å². The normalized spacial score (nSPS) is 13.1. The van der Waals surface area contributed by atoms with Gasteiger partial charge >= 0.3 is 30.3 Å². The molecule has 0 heterocycles. The number of aliphatic carboxylic acids is 1. The van der Waals surface area contributed by atoms with Gasteiger partial charge in [-0.2, -0.15) is 0 Å². The summed E-state index contributed by atoms with van der Waals surface area (Å²) in [7, 11) is 0. The lowest BCUT2D eigenvalue weighted by Gasteiger charge is -2.25. The Labute approximate surface area is 329 Å². The first-order valence-electron chi connectivity index (χ1n) is 18.7. The fourth-order valence-corrected chi connectivity index (χ4v) is 4.68. The summed E-state index contributed by atoms with van der Waals surface area (Å²) < 4.78 is 21.0. The molecular weight excluding hydrogens is 732 g/mol. The number of amides is 6. The minimum absolute atomic E-state index is 0.000986. The van der Waals surface area contributed by atoms with Gasteiger partial charge in [0, 0.05) is 19.6 Å². The van der Waals surface area contributed by atoms with Crippen molar-refractivity contribution >= 4 is 42.2 Å². The van der Waals surface area contributed by atoms with E-state index in [2.05, 4.69) is 31.9 Å². The molecule has 3 atom stereocenters. The average Bonchev–Trinajstić information content (AvgIpc) is 3.05. The topological polar surface area (TPSA) is 249 Å². The predicted octanol–water partition coefficient (Wildman–Crippen LogP) is 4.25. The molecule has 18 nitrogen and oxygen atoms in total. The van der Waals surface area contributed by atoms with Crippen molar-refractivity contribution in [1.29, 1.82) is 0 Å². The van der Waals surface area contributed by atoms with Crippen molar-refractivity contribution < 1.29 is 57.6 Å². The van der Waals surface area contributed by atoms with Crippen molar-refractivity contribution in [3.8, 4) is 0 Å². The van der Waals surface area contributed by atoms with Crippen molar-refractivity contribution in [2.45, 2.75) is 142 Å². The van der Waals surface area contributed by atoms with Gasteiger partial charge in [0.15, 0.2) is 0 Å². The lowest BCUT2D eigenvalue weighted by atomic mass is 10.1. The van der Waals surface area contributed by atoms with Crippen molar-refractivity contribution in [3.63, 3.8) is 0 Å². The first-order valence-corrected chi connectivity index (χ1v) is 18.7. The highest BCUT2D eigenvalue weighted by Crippen LogP contribution is 2.10. The van der Waals surface area contributed by atoms with Gasteiger partial charge in [0.05, 0.1) is 0 Å². The van der Waals surface area contributed by atoms with Gasteiger partial charge in [-0.3, -0.25) is 9.59 Å². The van der Waals surface area contributed by atoms with Crippen LogP contribution >= 0.6 is 0 Å². The average molecular weight is 795 g/mol. The molecule has 7 N–H and O–H groups in total. The number of carboxylic acids is 1. The number of hydrogen-bond donors (Lipinski definition) is 7. The number of nitrogens with one attached hydrogen (secondary N) is 6. The number of rotatable bonds is 20. The zero-order valence-corrected chi connectivity index (χ0v) is 34.1. The smallest absolute Gasteiger partial charge is 0.408 e. The van der Waals surface area contributed by atoms with Crippen LogP contribution in [0.25, 0.3) is 0 Å². The second-order valence-electron chi connectivity index (χ2n) is 15.9. The monoisotopic (exact) mass is 794 g/mol. The summed E-state index contributed by atoms with van der Waals surface area (Å²) >= 11 is 0. The first-order chi connectivity index (χ1) is 25.9. The summed E-state index contributed by atoms with van der Waals surface area (Å²) in [6.45, 7) is 15.5. The zero-order valence-electron chi connectivity index (χ0n) is 34.1. The summed E-state index contributed by atoms with van der Waals surface area (Å²) in [5.74, 6) is -2.96. The molecule has 56 heavy (non-hydrogen) atoms. The molecule has 0 spiro atoms. The number of carboxylic acid groups (broad SMARTS) is 1. The molecule has 0 aliphatic carbocycles. The molecule has 0 bridgehead atoms. The molecule has 0 unspecified atom stereocenters. The fraction of sp³-hybridized carbons (Fsp3) is 0.658. The van der Waals surface area contributed by atoms with Crippen molar-refractivity contribution in [2.24, 2.45) is 0 Å². The Bertz CT molecular complexity index is 1440. The van der Waals surface area contributed by atoms with Crippen LogP contribution in [0.4, 0.5) is 19.2 Å². The summed E-state index contributed by atoms with van der Waals surface area (Å²) in [6.07, 6.45) is -2.54. The van der Waals surface area contributed by atoms with E-state index in [1.165, 1.54) is 0 Å². The highest BCUT2D eigenvalue weighted by molar-refractivity contribution is 5.92. The summed E-state index contributed by atoms with van der Waals surface area (Å²) in [4.78, 5) is 88.6. The quantitative estimate of drug-likeness (QED) is 0.0723. The second-order valence-corrected chi connectivity index (χ2v) is 15.9. The van der Waals surface area contributed by atoms with Crippen LogP contribution in [0.15, 0.2) is 30.3 Å². The van der Waals surface area contributed by atoms with Crippen LogP contribution in [0.5, 0.6) is 0 Å². The predicted molar refractivity (Wildman–Crippen MR) is 205 cm³/mol. The standard InChI is InChI=1S/C38H62N6O12/c1-36(2,3)54-32(49)39-21-13-18-26(29(45)43-28(31(47)48)20-15-23-41-34(51)56-38(7,8)9)42-30(46)27(19-14-22-40-33(50)55-37(4,5)6)44-35(52)53-24-25-16-11-10-12-17-25/h10-12,16-17,26-28H,13-15,18-24H2,1-9H3,(H,39,49)(H,40,50)(H,41,51)(H,42,46)(H,43,45)(H,44,52)(H,47,48)/t26-,27-,28-/m0/s1. The van der Waals surface area contributed by atoms with E-state index in [9.17, 15) is 38.7 Å². The van der Waals surface area contributed by atoms with E-state index in [4.69, 9.17) is 18.9 Å². The van der Waals surface area contributed by atoms with E-state index in [1.807, 2.05) is 0 Å². The number of carbonyl (C=O) groups excluding carboxylic acids is 6. The third kappa shape index (κ3) is 24.2. The molecule has 0 fully saturated rings. The first kappa shape index (κ1) is 48.7. The highest BCUT2D eigenvalue weighted by Gasteiger charge is 2.30. The molecule has 0 aliphatic heterocycles. The molecular formula is C38H62N6O12. The molecule has 1 aromatic carbocycles. The minimum atomic E-state index is -1.39. The third-order valence-corrected chi connectivity index (χ3v) is 7.08. The van der Waals surface area contributed by atoms with Crippen molar-refractivity contribution in [1.82, 2.24) is 31.9 Å². The fourth-order valence-electron chi connectivity index (χ4n) is 4.68. The Morgan fingerprint density at radius 3 is 1.27 bits per heavy atom. The number of ether oxygens (including phenoxy) is 4. The van der Waals surface area contributed by atoms with E-state index in [0.29, 0.717) is 5.56 Å². The van der Waals surface area contributed by atoms with Gasteiger partial charge in [-0.05, 0) is 106 Å². The van der Waals surface area contributed by atoms with E-state index in [-0.39, 0.29) is 64.8 Å². The van der Waals surface area contributed by atoms with E-state index in [0.717, 1.165) is 0 Å². The second kappa shape index (κ2) is 23.6. The molecule has 316 valence electrons. The van der Waals surface area contributed by atoms with Crippen LogP contribution in [-0.4, -0.2) is 102 Å². The number of benzene rings is 1. The van der Waals surface area contributed by atoms with E-state index < -0.39 is 77.1 Å². The Morgan fingerprint density at radius 1 is 0.536 bits per heavy atom. The van der Waals surface area contributed by atoms with Crippen LogP contribution in [0.2, 0.25) is 0 Å². The third-order valence-electron chi connectivity index (χ3n) is 7.08. The number of alkyl carbamates (subject to hydrolysis) is 4. The molecule has 1 rings (SSSR count). The van der Waals surface area contributed by atoms with Gasteiger partial charge in [0.1, 0.15) is 41.5 Å². The Balaban J connectivity index is 3.12. The molecule has 1 aromatic rings. The molecule has 0 saturated heterocycles. The van der Waals surface area contributed by atoms with Crippen LogP contribution in [0.3, 0.4) is 0 Å². The van der Waals surface area contributed by atoms with E-state index >= 15 is 0 Å². The largest absolute Gasteiger partial charge is 0.480 e. The maximum absolute atomic E-state index is 13.7. The number of carbonyl (C=O) groups is 7. The molecule has 6 amide bonds. The van der Waals surface area contributed by atoms with Crippen molar-refractivity contribution in [3.05, 3.63) is 35.9 Å². The molecule has 0 aliphatic rings. The summed E-state index contributed by atoms with van der Waals surface area (Å²) in [6, 6.07) is 4.91. The van der Waals surface area contributed by atoms with Gasteiger partial charge < -0.3 is 56.0 Å². The molecule has 0 radical (unpaired) electrons. The zero-order chi connectivity index (χ0) is 42.5. The molecule has 18 heteroatoms. The summed E-state index contributed by atoms with van der Waals surface area (Å²) in [5, 5.41) is 25.1. The Morgan fingerprint density at radius 2 is 0.893 bits per heavy atom. The maximum Gasteiger partial charge on any atom is 0.408 e. The van der Waals surface area contributed by atoms with Crippen LogP contribution in [-0.2, 0) is 39.9 Å². The van der Waals surface area contributed by atoms with Gasteiger partial charge in [0.25, 0.3) is 0 Å². The minimum Gasteiger partial charge on any atom is -0.480 e. The Kier molecular flexibility index (Phi) is 20.5. The highest BCUT2D eigenvalue weighted by atomic mass is 16.6. The van der Waals surface area contributed by atoms with Crippen molar-refractivity contribution in [2.75, 3.05) is 19.6 Å². The summed E-state index contributed by atoms with van der Waals surface area (Å²) in [5.41, 5.74) is -1.50. The van der Waals surface area contributed by atoms with Gasteiger partial charge in [-0.1, -0.05) is 30.3 Å². The van der Waals surface area contributed by atoms with Crippen LogP contribution in [0, 0.1) is 0 Å². The lowest BCUT2D eigenvalue weighted by molar-refractivity contribution is -0.142.